The molecule has 1 heterocycles. The highest BCUT2D eigenvalue weighted by molar-refractivity contribution is 9.10. The molecule has 2 fully saturated rings. The zero-order valence-corrected chi connectivity index (χ0v) is 12.8. The summed E-state index contributed by atoms with van der Waals surface area (Å²) < 4.78 is 1.18. The number of piperazine rings is 1. The summed E-state index contributed by atoms with van der Waals surface area (Å²) in [6, 6.07) is 6.59. The van der Waals surface area contributed by atoms with Crippen LogP contribution in [0.25, 0.3) is 0 Å². The summed E-state index contributed by atoms with van der Waals surface area (Å²) in [4.78, 5) is 2.55. The average Bonchev–Trinajstić information content (AvgIpc) is 3.17. The fourth-order valence-electron chi connectivity index (χ4n) is 3.13. The predicted octanol–water partition coefficient (Wildman–Crippen LogP) is 3.34. The van der Waals surface area contributed by atoms with Gasteiger partial charge in [0.15, 0.2) is 0 Å². The van der Waals surface area contributed by atoms with Gasteiger partial charge in [-0.2, -0.15) is 0 Å². The van der Waals surface area contributed by atoms with Crippen molar-refractivity contribution < 1.29 is 0 Å². The molecular weight excluding hydrogens is 288 g/mol. The highest BCUT2D eigenvalue weighted by atomic mass is 79.9. The first kappa shape index (κ1) is 12.5. The zero-order valence-electron chi connectivity index (χ0n) is 11.2. The quantitative estimate of drug-likeness (QED) is 0.901. The lowest BCUT2D eigenvalue weighted by Gasteiger charge is -2.43. The van der Waals surface area contributed by atoms with Crippen LogP contribution in [0.15, 0.2) is 22.7 Å². The van der Waals surface area contributed by atoms with Crippen LogP contribution >= 0.6 is 15.9 Å². The van der Waals surface area contributed by atoms with Gasteiger partial charge in [-0.15, -0.1) is 0 Å². The molecule has 1 atom stereocenters. The van der Waals surface area contributed by atoms with Crippen molar-refractivity contribution in [3.05, 3.63) is 28.2 Å². The van der Waals surface area contributed by atoms with Crippen molar-refractivity contribution in [3.63, 3.8) is 0 Å². The molecule has 1 aliphatic carbocycles. The molecule has 0 spiro atoms. The van der Waals surface area contributed by atoms with Crippen molar-refractivity contribution in [1.29, 1.82) is 0 Å². The van der Waals surface area contributed by atoms with E-state index in [-0.39, 0.29) is 0 Å². The smallest absolute Gasteiger partial charge is 0.0408 e. The van der Waals surface area contributed by atoms with Crippen molar-refractivity contribution in [3.8, 4) is 0 Å². The number of hydrogen-bond donors (Lipinski definition) is 1. The van der Waals surface area contributed by atoms with Gasteiger partial charge in [0.1, 0.15) is 0 Å². The second-order valence-electron chi connectivity index (χ2n) is 5.97. The Kier molecular flexibility index (Phi) is 3.15. The lowest BCUT2D eigenvalue weighted by Crippen LogP contribution is -2.60. The molecule has 0 aromatic heterocycles. The molecule has 1 N–H and O–H groups in total. The Labute approximate surface area is 118 Å². The van der Waals surface area contributed by atoms with E-state index in [0.29, 0.717) is 5.54 Å². The van der Waals surface area contributed by atoms with Gasteiger partial charge in [-0.05, 0) is 50.3 Å². The van der Waals surface area contributed by atoms with E-state index >= 15 is 0 Å². The number of benzene rings is 1. The molecule has 2 nitrogen and oxygen atoms in total. The average molecular weight is 309 g/mol. The third kappa shape index (κ3) is 2.30. The molecule has 1 saturated heterocycles. The highest BCUT2D eigenvalue weighted by Crippen LogP contribution is 2.41. The Morgan fingerprint density at radius 1 is 1.39 bits per heavy atom. The Morgan fingerprint density at radius 2 is 2.17 bits per heavy atom. The Hall–Kier alpha value is -0.540. The van der Waals surface area contributed by atoms with Crippen molar-refractivity contribution in [2.24, 2.45) is 5.92 Å². The molecule has 1 unspecified atom stereocenters. The third-order valence-corrected chi connectivity index (χ3v) is 4.91. The van der Waals surface area contributed by atoms with E-state index in [1.807, 2.05) is 0 Å². The molecule has 1 saturated carbocycles. The van der Waals surface area contributed by atoms with E-state index in [1.165, 1.54) is 28.6 Å². The van der Waals surface area contributed by atoms with Gasteiger partial charge >= 0.3 is 0 Å². The number of nitrogens with one attached hydrogen (secondary N) is 1. The molecule has 1 aromatic carbocycles. The number of hydrogen-bond acceptors (Lipinski definition) is 2. The Morgan fingerprint density at radius 3 is 2.89 bits per heavy atom. The first-order chi connectivity index (χ1) is 8.58. The molecule has 3 heteroatoms. The summed E-state index contributed by atoms with van der Waals surface area (Å²) in [5.41, 5.74) is 3.07. The maximum Gasteiger partial charge on any atom is 0.0408 e. The van der Waals surface area contributed by atoms with Crippen LogP contribution in [0, 0.1) is 12.8 Å². The van der Waals surface area contributed by atoms with E-state index < -0.39 is 0 Å². The number of aryl methyl sites for hydroxylation is 1. The minimum atomic E-state index is 0.313. The van der Waals surface area contributed by atoms with Crippen LogP contribution in [-0.2, 0) is 0 Å². The zero-order chi connectivity index (χ0) is 12.8. The van der Waals surface area contributed by atoms with Gasteiger partial charge in [0.05, 0.1) is 0 Å². The van der Waals surface area contributed by atoms with E-state index in [4.69, 9.17) is 0 Å². The van der Waals surface area contributed by atoms with Gasteiger partial charge in [0.25, 0.3) is 0 Å². The largest absolute Gasteiger partial charge is 0.368 e. The van der Waals surface area contributed by atoms with Crippen LogP contribution in [0.4, 0.5) is 5.69 Å². The summed E-state index contributed by atoms with van der Waals surface area (Å²) in [6.07, 6.45) is 2.80. The van der Waals surface area contributed by atoms with Gasteiger partial charge in [0.2, 0.25) is 0 Å². The molecule has 2 aliphatic rings. The van der Waals surface area contributed by atoms with E-state index in [1.54, 1.807) is 0 Å². The number of anilines is 1. The first-order valence-electron chi connectivity index (χ1n) is 6.85. The lowest BCUT2D eigenvalue weighted by atomic mass is 9.92. The van der Waals surface area contributed by atoms with Crippen molar-refractivity contribution in [2.45, 2.75) is 32.2 Å². The normalized spacial score (nSPS) is 28.5. The highest BCUT2D eigenvalue weighted by Gasteiger charge is 2.44. The number of rotatable bonds is 2. The number of nitrogens with zero attached hydrogens (tertiary/aromatic N) is 1. The van der Waals surface area contributed by atoms with Gasteiger partial charge in [-0.25, -0.2) is 0 Å². The molecule has 1 aromatic rings. The molecule has 1 aliphatic heterocycles. The van der Waals surface area contributed by atoms with Crippen LogP contribution < -0.4 is 10.2 Å². The Bertz CT molecular complexity index is 456. The van der Waals surface area contributed by atoms with Crippen LogP contribution in [0.3, 0.4) is 0 Å². The summed E-state index contributed by atoms with van der Waals surface area (Å²) in [7, 11) is 0. The maximum atomic E-state index is 3.74. The summed E-state index contributed by atoms with van der Waals surface area (Å²) in [6.45, 7) is 7.94. The van der Waals surface area contributed by atoms with Gasteiger partial charge in [0, 0.05) is 35.3 Å². The third-order valence-electron chi connectivity index (χ3n) is 4.42. The molecule has 0 bridgehead atoms. The topological polar surface area (TPSA) is 15.3 Å². The van der Waals surface area contributed by atoms with Crippen molar-refractivity contribution in [1.82, 2.24) is 5.32 Å². The van der Waals surface area contributed by atoms with E-state index in [9.17, 15) is 0 Å². The molecule has 18 heavy (non-hydrogen) atoms. The predicted molar refractivity (Wildman–Crippen MR) is 80.2 cm³/mol. The van der Waals surface area contributed by atoms with Gasteiger partial charge < -0.3 is 10.2 Å². The van der Waals surface area contributed by atoms with Crippen LogP contribution in [-0.4, -0.2) is 25.2 Å². The van der Waals surface area contributed by atoms with E-state index in [0.717, 1.165) is 25.6 Å². The lowest BCUT2D eigenvalue weighted by molar-refractivity contribution is 0.285. The first-order valence-corrected chi connectivity index (χ1v) is 7.64. The van der Waals surface area contributed by atoms with Crippen LogP contribution in [0.2, 0.25) is 0 Å². The minimum absolute atomic E-state index is 0.313. The summed E-state index contributed by atoms with van der Waals surface area (Å²) in [5.74, 6) is 0.882. The number of halogens is 1. The van der Waals surface area contributed by atoms with Crippen LogP contribution in [0.1, 0.15) is 25.3 Å². The standard InChI is InChI=1S/C15H21BrN2/c1-11-3-6-13(16)9-14(11)18-8-7-17-15(2,10-18)12-4-5-12/h3,6,9,12,17H,4-5,7-8,10H2,1-2H3. The summed E-state index contributed by atoms with van der Waals surface area (Å²) in [5, 5.41) is 3.74. The molecular formula is C15H21BrN2. The van der Waals surface area contributed by atoms with Crippen LogP contribution in [0.5, 0.6) is 0 Å². The molecule has 0 amide bonds. The molecule has 0 radical (unpaired) electrons. The fraction of sp³-hybridized carbons (Fsp3) is 0.600. The Balaban J connectivity index is 1.85. The van der Waals surface area contributed by atoms with Crippen molar-refractivity contribution in [2.75, 3.05) is 24.5 Å². The minimum Gasteiger partial charge on any atom is -0.368 e. The maximum absolute atomic E-state index is 3.74. The van der Waals surface area contributed by atoms with E-state index in [2.05, 4.69) is 58.2 Å². The molecule has 98 valence electrons. The van der Waals surface area contributed by atoms with Gasteiger partial charge in [-0.3, -0.25) is 0 Å². The molecule has 3 rings (SSSR count). The second kappa shape index (κ2) is 4.53. The second-order valence-corrected chi connectivity index (χ2v) is 6.89. The van der Waals surface area contributed by atoms with Crippen molar-refractivity contribution >= 4 is 21.6 Å². The monoisotopic (exact) mass is 308 g/mol. The fourth-order valence-corrected chi connectivity index (χ4v) is 3.48. The van der Waals surface area contributed by atoms with Gasteiger partial charge in [-0.1, -0.05) is 22.0 Å². The SMILES string of the molecule is Cc1ccc(Br)cc1N1CCNC(C)(C2CC2)C1. The summed E-state index contributed by atoms with van der Waals surface area (Å²) >= 11 is 3.59.